The van der Waals surface area contributed by atoms with Gasteiger partial charge < -0.3 is 15.0 Å². The van der Waals surface area contributed by atoms with Crippen LogP contribution in [0.15, 0.2) is 22.6 Å². The highest BCUT2D eigenvalue weighted by Gasteiger charge is 2.08. The Morgan fingerprint density at radius 3 is 2.94 bits per heavy atom. The maximum absolute atomic E-state index is 5.69. The number of nitrogen functional groups attached to an aromatic ring is 1. The van der Waals surface area contributed by atoms with Gasteiger partial charge in [-0.3, -0.25) is 0 Å². The number of hydrogen-bond acceptors (Lipinski definition) is 7. The summed E-state index contributed by atoms with van der Waals surface area (Å²) in [6.07, 6.45) is 1.63. The van der Waals surface area contributed by atoms with E-state index in [1.807, 2.05) is 7.05 Å². The van der Waals surface area contributed by atoms with Gasteiger partial charge in [-0.15, -0.1) is 10.2 Å². The summed E-state index contributed by atoms with van der Waals surface area (Å²) in [5.41, 5.74) is 5.69. The second-order valence-electron chi connectivity index (χ2n) is 3.31. The van der Waals surface area contributed by atoms with Crippen LogP contribution in [-0.2, 0) is 18.4 Å². The van der Waals surface area contributed by atoms with Gasteiger partial charge in [-0.25, -0.2) is 9.97 Å². The van der Waals surface area contributed by atoms with E-state index < -0.39 is 0 Å². The van der Waals surface area contributed by atoms with E-state index in [2.05, 4.69) is 20.2 Å². The number of nitrogens with zero attached hydrogens (tertiary/aromatic N) is 5. The second-order valence-corrected chi connectivity index (χ2v) is 4.29. The maximum Gasteiger partial charge on any atom is 0.197 e. The summed E-state index contributed by atoms with van der Waals surface area (Å²) >= 11 is 1.38. The molecule has 0 radical (unpaired) electrons. The Morgan fingerprint density at radius 2 is 2.29 bits per heavy atom. The number of aromatic nitrogens is 5. The fourth-order valence-electron chi connectivity index (χ4n) is 1.20. The topological polar surface area (TPSA) is 91.7 Å². The molecule has 0 bridgehead atoms. The Bertz CT molecular complexity index is 514. The van der Waals surface area contributed by atoms with Crippen molar-refractivity contribution in [3.05, 3.63) is 18.2 Å². The molecule has 0 spiro atoms. The normalized spacial score (nSPS) is 10.7. The van der Waals surface area contributed by atoms with Crippen LogP contribution in [0.5, 0.6) is 0 Å². The number of rotatable bonds is 4. The van der Waals surface area contributed by atoms with E-state index in [0.717, 1.165) is 10.2 Å². The van der Waals surface area contributed by atoms with Crippen molar-refractivity contribution in [1.82, 2.24) is 24.7 Å². The third-order valence-electron chi connectivity index (χ3n) is 1.91. The lowest BCUT2D eigenvalue weighted by Gasteiger charge is -2.04. The van der Waals surface area contributed by atoms with Crippen molar-refractivity contribution in [2.24, 2.45) is 7.05 Å². The van der Waals surface area contributed by atoms with Crippen LogP contribution >= 0.6 is 11.8 Å². The average Bonchev–Trinajstić information content (AvgIpc) is 2.64. The van der Waals surface area contributed by atoms with Crippen molar-refractivity contribution >= 4 is 17.6 Å². The van der Waals surface area contributed by atoms with Crippen LogP contribution in [0.4, 0.5) is 5.82 Å². The van der Waals surface area contributed by atoms with Gasteiger partial charge in [0.25, 0.3) is 0 Å². The van der Waals surface area contributed by atoms with Gasteiger partial charge in [-0.1, -0.05) is 0 Å². The van der Waals surface area contributed by atoms with Crippen LogP contribution in [-0.4, -0.2) is 31.8 Å². The summed E-state index contributed by atoms with van der Waals surface area (Å²) in [4.78, 5) is 8.37. The number of ether oxygens (including phenoxy) is 1. The molecule has 2 aromatic rings. The minimum absolute atomic E-state index is 0.331. The number of methoxy groups -OCH3 is 1. The Kier molecular flexibility index (Phi) is 3.55. The minimum atomic E-state index is 0.331. The molecule has 0 aliphatic rings. The third kappa shape index (κ3) is 2.92. The summed E-state index contributed by atoms with van der Waals surface area (Å²) in [5.74, 6) is 0.967. The van der Waals surface area contributed by atoms with E-state index in [1.165, 1.54) is 11.8 Å². The zero-order valence-corrected chi connectivity index (χ0v) is 10.3. The molecule has 7 nitrogen and oxygen atoms in total. The maximum atomic E-state index is 5.69. The average molecular weight is 252 g/mol. The van der Waals surface area contributed by atoms with Crippen LogP contribution in [0.2, 0.25) is 0 Å². The predicted molar refractivity (Wildman–Crippen MR) is 62.3 cm³/mol. The standard InChI is InChI=1S/C9H12N6OS/c1-15-5-11-14-9(15)17-8-3-6(10)12-7(13-8)4-16-2/h3,5H,4H2,1-2H3,(H2,10,12,13). The van der Waals surface area contributed by atoms with Crippen molar-refractivity contribution in [2.45, 2.75) is 16.8 Å². The van der Waals surface area contributed by atoms with Crippen LogP contribution in [0.25, 0.3) is 0 Å². The first-order valence-electron chi connectivity index (χ1n) is 4.83. The molecular weight excluding hydrogens is 240 g/mol. The van der Waals surface area contributed by atoms with Crippen LogP contribution < -0.4 is 5.73 Å². The molecule has 2 rings (SSSR count). The second kappa shape index (κ2) is 5.11. The number of hydrogen-bond donors (Lipinski definition) is 1. The summed E-state index contributed by atoms with van der Waals surface area (Å²) < 4.78 is 6.78. The minimum Gasteiger partial charge on any atom is -0.384 e. The van der Waals surface area contributed by atoms with Gasteiger partial charge in [-0.2, -0.15) is 0 Å². The van der Waals surface area contributed by atoms with E-state index in [9.17, 15) is 0 Å². The first kappa shape index (κ1) is 11.8. The van der Waals surface area contributed by atoms with Crippen LogP contribution in [0, 0.1) is 0 Å². The van der Waals surface area contributed by atoms with Crippen molar-refractivity contribution in [2.75, 3.05) is 12.8 Å². The van der Waals surface area contributed by atoms with Crippen molar-refractivity contribution in [3.8, 4) is 0 Å². The largest absolute Gasteiger partial charge is 0.384 e. The van der Waals surface area contributed by atoms with Gasteiger partial charge >= 0.3 is 0 Å². The highest BCUT2D eigenvalue weighted by Crippen LogP contribution is 2.24. The lowest BCUT2D eigenvalue weighted by molar-refractivity contribution is 0.177. The first-order valence-corrected chi connectivity index (χ1v) is 5.65. The van der Waals surface area contributed by atoms with Gasteiger partial charge in [0.05, 0.1) is 0 Å². The molecule has 0 fully saturated rings. The third-order valence-corrected chi connectivity index (χ3v) is 2.88. The Labute approximate surface area is 102 Å². The fraction of sp³-hybridized carbons (Fsp3) is 0.333. The van der Waals surface area contributed by atoms with Crippen LogP contribution in [0.3, 0.4) is 0 Å². The quantitative estimate of drug-likeness (QED) is 0.791. The SMILES string of the molecule is COCc1nc(N)cc(Sc2nncn2C)n1. The molecule has 0 aliphatic heterocycles. The van der Waals surface area contributed by atoms with Gasteiger partial charge in [0.2, 0.25) is 0 Å². The van der Waals surface area contributed by atoms with Gasteiger partial charge in [0.15, 0.2) is 11.0 Å². The highest BCUT2D eigenvalue weighted by atomic mass is 32.2. The highest BCUT2D eigenvalue weighted by molar-refractivity contribution is 7.99. The fourth-order valence-corrected chi connectivity index (χ4v) is 1.99. The molecule has 0 aromatic carbocycles. The van der Waals surface area contributed by atoms with Crippen molar-refractivity contribution in [1.29, 1.82) is 0 Å². The molecule has 2 N–H and O–H groups in total. The summed E-state index contributed by atoms with van der Waals surface area (Å²) in [6, 6.07) is 1.69. The molecule has 2 aromatic heterocycles. The van der Waals surface area contributed by atoms with Gasteiger partial charge in [0, 0.05) is 20.2 Å². The van der Waals surface area contributed by atoms with E-state index in [0.29, 0.717) is 18.2 Å². The molecular formula is C9H12N6OS. The van der Waals surface area contributed by atoms with Gasteiger partial charge in [0.1, 0.15) is 23.8 Å². The first-order chi connectivity index (χ1) is 8.19. The molecule has 0 saturated carbocycles. The monoisotopic (exact) mass is 252 g/mol. The molecule has 0 saturated heterocycles. The lowest BCUT2D eigenvalue weighted by Crippen LogP contribution is -2.02. The molecule has 0 amide bonds. The molecule has 17 heavy (non-hydrogen) atoms. The molecule has 0 unspecified atom stereocenters. The van der Waals surface area contributed by atoms with E-state index >= 15 is 0 Å². The van der Waals surface area contributed by atoms with Gasteiger partial charge in [-0.05, 0) is 11.8 Å². The molecule has 0 aliphatic carbocycles. The van der Waals surface area contributed by atoms with Crippen LogP contribution in [0.1, 0.15) is 5.82 Å². The Morgan fingerprint density at radius 1 is 1.47 bits per heavy atom. The van der Waals surface area contributed by atoms with E-state index in [1.54, 1.807) is 24.1 Å². The lowest BCUT2D eigenvalue weighted by atomic mass is 10.5. The molecule has 2 heterocycles. The molecule has 8 heteroatoms. The number of anilines is 1. The van der Waals surface area contributed by atoms with E-state index in [-0.39, 0.29) is 0 Å². The molecule has 0 atom stereocenters. The zero-order chi connectivity index (χ0) is 12.3. The summed E-state index contributed by atoms with van der Waals surface area (Å²) in [7, 11) is 3.45. The summed E-state index contributed by atoms with van der Waals surface area (Å²) in [5, 5.41) is 9.22. The zero-order valence-electron chi connectivity index (χ0n) is 9.49. The molecule has 90 valence electrons. The number of aryl methyl sites for hydroxylation is 1. The van der Waals surface area contributed by atoms with Crippen molar-refractivity contribution in [3.63, 3.8) is 0 Å². The van der Waals surface area contributed by atoms with E-state index in [4.69, 9.17) is 10.5 Å². The smallest absolute Gasteiger partial charge is 0.197 e. The predicted octanol–water partition coefficient (Wildman–Crippen LogP) is 0.485. The van der Waals surface area contributed by atoms with Crippen molar-refractivity contribution < 1.29 is 4.74 Å². The Balaban J connectivity index is 2.23. The number of nitrogens with two attached hydrogens (primary N) is 1. The summed E-state index contributed by atoms with van der Waals surface area (Å²) in [6.45, 7) is 0.331. The Hall–Kier alpha value is -1.67.